The fourth-order valence-electron chi connectivity index (χ4n) is 1.31. The number of hydrogen-bond acceptors (Lipinski definition) is 9. The summed E-state index contributed by atoms with van der Waals surface area (Å²) in [7, 11) is -4.63. The number of phosphoric ester groups is 1. The smallest absolute Gasteiger partial charge is 0.472 e. The zero-order valence-corrected chi connectivity index (χ0v) is 18.0. The predicted molar refractivity (Wildman–Crippen MR) is 83.4 cm³/mol. The molecule has 0 fully saturated rings. The van der Waals surface area contributed by atoms with E-state index in [2.05, 4.69) is 9.05 Å². The van der Waals surface area contributed by atoms with Crippen molar-refractivity contribution in [3.05, 3.63) is 0 Å². The van der Waals surface area contributed by atoms with E-state index in [1.165, 1.54) is 0 Å². The van der Waals surface area contributed by atoms with Gasteiger partial charge in [0, 0.05) is 53.2 Å². The molecule has 13 heteroatoms. The van der Waals surface area contributed by atoms with Crippen LogP contribution in [0.2, 0.25) is 0 Å². The molecule has 0 amide bonds. The zero-order valence-electron chi connectivity index (χ0n) is 14.5. The topological polar surface area (TPSA) is 172 Å². The molecule has 4 N–H and O–H groups in total. The van der Waals surface area contributed by atoms with Crippen LogP contribution in [-0.2, 0) is 37.5 Å². The average molecular weight is 536 g/mol. The maximum atomic E-state index is 11.7. The van der Waals surface area contributed by atoms with Gasteiger partial charge in [0.05, 0.1) is 13.2 Å². The Morgan fingerprint density at radius 2 is 1.65 bits per heavy atom. The molecule has 11 nitrogen and oxygen atoms in total. The molecule has 26 heavy (non-hydrogen) atoms. The van der Waals surface area contributed by atoms with Crippen LogP contribution in [0, 0.1) is 40.4 Å². The normalized spacial score (nSPS) is 15.1. The van der Waals surface area contributed by atoms with Crippen molar-refractivity contribution in [3.8, 4) is 0 Å². The van der Waals surface area contributed by atoms with Crippen molar-refractivity contribution >= 4 is 25.7 Å². The molecule has 0 aromatic rings. The fourth-order valence-corrected chi connectivity index (χ4v) is 2.09. The average Bonchev–Trinajstić information content (AvgIpc) is 2.54. The summed E-state index contributed by atoms with van der Waals surface area (Å²) in [6, 6.07) is -1.51. The second kappa shape index (κ2) is 14.8. The number of carbonyl (C=O) groups is 3. The molecule has 0 aromatic heterocycles. The van der Waals surface area contributed by atoms with Crippen molar-refractivity contribution in [1.29, 1.82) is 0 Å². The summed E-state index contributed by atoms with van der Waals surface area (Å²) < 4.78 is 30.6. The first kappa shape index (κ1) is 28.0. The second-order valence-electron chi connectivity index (χ2n) is 4.90. The van der Waals surface area contributed by atoms with Gasteiger partial charge < -0.3 is 25.2 Å². The van der Waals surface area contributed by atoms with Gasteiger partial charge in [0.2, 0.25) is 0 Å². The predicted octanol–water partition coefficient (Wildman–Crippen LogP) is 0.197. The van der Waals surface area contributed by atoms with E-state index in [1.807, 2.05) is 0 Å². The number of carbonyl (C=O) groups excluding carboxylic acids is 2. The van der Waals surface area contributed by atoms with Gasteiger partial charge in [-0.05, 0) is 6.42 Å². The number of ether oxygens (including phenoxy) is 2. The summed E-state index contributed by atoms with van der Waals surface area (Å²) in [6.07, 6.45) is -0.383. The summed E-state index contributed by atoms with van der Waals surface area (Å²) in [5.41, 5.74) is 5.14. The van der Waals surface area contributed by atoms with Crippen molar-refractivity contribution in [2.75, 3.05) is 19.8 Å². The van der Waals surface area contributed by atoms with Crippen LogP contribution in [0.1, 0.15) is 33.1 Å². The monoisotopic (exact) mass is 537 g/mol. The molecule has 0 spiro atoms. The van der Waals surface area contributed by atoms with Gasteiger partial charge in [-0.2, -0.15) is 0 Å². The van der Waals surface area contributed by atoms with E-state index in [1.54, 1.807) is 13.8 Å². The quantitative estimate of drug-likeness (QED) is 0.217. The van der Waals surface area contributed by atoms with Crippen molar-refractivity contribution < 1.29 is 87.9 Å². The molecule has 0 heterocycles. The van der Waals surface area contributed by atoms with Crippen molar-refractivity contribution in [2.24, 2.45) is 5.73 Å². The van der Waals surface area contributed by atoms with Gasteiger partial charge in [-0.3, -0.25) is 23.4 Å². The molecule has 0 aromatic carbocycles. The minimum atomic E-state index is -4.63. The Labute approximate surface area is 183 Å². The van der Waals surface area contributed by atoms with Gasteiger partial charge in [0.15, 0.2) is 6.10 Å². The summed E-state index contributed by atoms with van der Waals surface area (Å²) in [5.74, 6) is -2.56. The molecule has 0 rings (SSSR count). The van der Waals surface area contributed by atoms with Crippen LogP contribution < -0.4 is 5.73 Å². The SMILES string of the molecule is CCCC(=O)O[C@H](COC(=O)CC)COP(=O)(O)OC[C@H](N)C(=O)O.[Sm]. The first-order valence-corrected chi connectivity index (χ1v) is 9.06. The van der Waals surface area contributed by atoms with Crippen LogP contribution in [0.4, 0.5) is 0 Å². The van der Waals surface area contributed by atoms with Gasteiger partial charge >= 0.3 is 25.7 Å². The van der Waals surface area contributed by atoms with E-state index in [0.717, 1.165) is 0 Å². The fraction of sp³-hybridized carbons (Fsp3) is 0.769. The Hall–Kier alpha value is -0.182. The van der Waals surface area contributed by atoms with Crippen molar-refractivity contribution in [1.82, 2.24) is 0 Å². The summed E-state index contributed by atoms with van der Waals surface area (Å²) >= 11 is 0. The van der Waals surface area contributed by atoms with Gasteiger partial charge in [0.25, 0.3) is 0 Å². The maximum Gasteiger partial charge on any atom is 0.472 e. The Bertz CT molecular complexity index is 503. The Kier molecular flexibility index (Phi) is 16.0. The molecular weight excluding hydrogens is 511 g/mol. The molecule has 0 aliphatic heterocycles. The van der Waals surface area contributed by atoms with E-state index < -0.39 is 51.1 Å². The molecule has 0 saturated heterocycles. The van der Waals surface area contributed by atoms with Gasteiger partial charge in [0.1, 0.15) is 12.6 Å². The molecule has 152 valence electrons. The van der Waals surface area contributed by atoms with E-state index in [9.17, 15) is 23.8 Å². The van der Waals surface area contributed by atoms with Crippen LogP contribution in [0.5, 0.6) is 0 Å². The first-order chi connectivity index (χ1) is 11.6. The summed E-state index contributed by atoms with van der Waals surface area (Å²) in [6.45, 7) is 1.61. The Morgan fingerprint density at radius 3 is 2.15 bits per heavy atom. The van der Waals surface area contributed by atoms with Crippen LogP contribution in [-0.4, -0.2) is 59.9 Å². The molecule has 0 bridgehead atoms. The molecule has 0 radical (unpaired) electrons. The number of aliphatic carboxylic acids is 1. The van der Waals surface area contributed by atoms with Gasteiger partial charge in [-0.25, -0.2) is 4.57 Å². The first-order valence-electron chi connectivity index (χ1n) is 7.56. The number of carboxylic acids is 1. The van der Waals surface area contributed by atoms with Crippen molar-refractivity contribution in [3.63, 3.8) is 0 Å². The number of esters is 2. The summed E-state index contributed by atoms with van der Waals surface area (Å²) in [4.78, 5) is 42.7. The van der Waals surface area contributed by atoms with E-state index in [-0.39, 0.29) is 59.8 Å². The van der Waals surface area contributed by atoms with Crippen molar-refractivity contribution in [2.45, 2.75) is 45.3 Å². The molecule has 1 unspecified atom stereocenters. The molecular formula is C13H24NO10PSm. The molecule has 0 saturated carbocycles. The van der Waals surface area contributed by atoms with E-state index >= 15 is 0 Å². The molecule has 0 aliphatic carbocycles. The van der Waals surface area contributed by atoms with Crippen LogP contribution in [0.25, 0.3) is 0 Å². The second-order valence-corrected chi connectivity index (χ2v) is 6.36. The molecule has 3 atom stereocenters. The number of carboxylic acid groups (broad SMARTS) is 1. The molecule has 0 aliphatic rings. The number of hydrogen-bond donors (Lipinski definition) is 3. The van der Waals surface area contributed by atoms with Gasteiger partial charge in [-0.1, -0.05) is 13.8 Å². The van der Waals surface area contributed by atoms with E-state index in [0.29, 0.717) is 6.42 Å². The van der Waals surface area contributed by atoms with Crippen LogP contribution >= 0.6 is 7.82 Å². The third-order valence-corrected chi connectivity index (χ3v) is 3.58. The zero-order chi connectivity index (χ0) is 19.5. The minimum Gasteiger partial charge on any atom is -0.480 e. The third kappa shape index (κ3) is 13.9. The van der Waals surface area contributed by atoms with Crippen LogP contribution in [0.3, 0.4) is 0 Å². The number of phosphoric acid groups is 1. The number of nitrogens with two attached hydrogens (primary N) is 1. The Morgan fingerprint density at radius 1 is 1.08 bits per heavy atom. The summed E-state index contributed by atoms with van der Waals surface area (Å²) in [5, 5.41) is 8.57. The number of rotatable bonds is 13. The van der Waals surface area contributed by atoms with E-state index in [4.69, 9.17) is 20.3 Å². The van der Waals surface area contributed by atoms with Crippen LogP contribution in [0.15, 0.2) is 0 Å². The largest absolute Gasteiger partial charge is 0.480 e. The maximum absolute atomic E-state index is 11.7. The minimum absolute atomic E-state index is 0. The third-order valence-electron chi connectivity index (χ3n) is 2.63. The standard InChI is InChI=1S/C13H24NO10P.Sm/c1-3-5-12(16)24-9(6-21-11(15)4-2)7-22-25(19,20)23-8-10(14)13(17)18;/h9-10H,3-8,14H2,1-2H3,(H,17,18)(H,19,20);/t9-,10+;/m1./s1. The Balaban J connectivity index is 0. The van der Waals surface area contributed by atoms with Gasteiger partial charge in [-0.15, -0.1) is 0 Å².